The van der Waals surface area contributed by atoms with Gasteiger partial charge in [0.15, 0.2) is 0 Å². The van der Waals surface area contributed by atoms with Gasteiger partial charge in [0, 0.05) is 23.9 Å². The van der Waals surface area contributed by atoms with E-state index in [2.05, 4.69) is 16.9 Å². The number of likely N-dealkylation sites (tertiary alicyclic amines) is 1. The van der Waals surface area contributed by atoms with Crippen molar-refractivity contribution in [2.45, 2.75) is 44.3 Å². The zero-order valence-corrected chi connectivity index (χ0v) is 18.3. The maximum atomic E-state index is 13.6. The standard InChI is InChI=1S/C25H27N3O3/c1-16-23(30)28(14-17-10-12-18(31-5)13-11-17)21(22(29)27-24(2,3)4)25(16)15-26-20-9-7-6-8-19(20)25/h6-13,15,21H,1,14H2,2-5H3,(H,27,29). The highest BCUT2D eigenvalue weighted by atomic mass is 16.5. The fourth-order valence-corrected chi connectivity index (χ4v) is 4.39. The van der Waals surface area contributed by atoms with Crippen molar-refractivity contribution in [3.63, 3.8) is 0 Å². The van der Waals surface area contributed by atoms with E-state index in [9.17, 15) is 9.59 Å². The lowest BCUT2D eigenvalue weighted by Gasteiger charge is -2.35. The lowest BCUT2D eigenvalue weighted by Crippen LogP contribution is -2.56. The number of aliphatic imine (C=N–C) groups is 1. The molecule has 1 N–H and O–H groups in total. The Balaban J connectivity index is 1.80. The van der Waals surface area contributed by atoms with E-state index in [1.165, 1.54) is 0 Å². The van der Waals surface area contributed by atoms with Gasteiger partial charge in [-0.05, 0) is 50.1 Å². The van der Waals surface area contributed by atoms with Crippen LogP contribution in [0.5, 0.6) is 5.75 Å². The zero-order chi connectivity index (χ0) is 22.4. The molecule has 1 spiro atoms. The largest absolute Gasteiger partial charge is 0.497 e. The number of amides is 2. The van der Waals surface area contributed by atoms with Gasteiger partial charge in [0.05, 0.1) is 18.2 Å². The Morgan fingerprint density at radius 2 is 1.87 bits per heavy atom. The molecule has 1 saturated heterocycles. The fourth-order valence-electron chi connectivity index (χ4n) is 4.39. The van der Waals surface area contributed by atoms with Crippen LogP contribution in [0.1, 0.15) is 31.9 Å². The molecule has 6 heteroatoms. The molecular formula is C25H27N3O3. The summed E-state index contributed by atoms with van der Waals surface area (Å²) in [4.78, 5) is 33.2. The number of ether oxygens (including phenoxy) is 1. The van der Waals surface area contributed by atoms with Crippen molar-refractivity contribution in [2.75, 3.05) is 7.11 Å². The molecule has 4 rings (SSSR count). The minimum atomic E-state index is -0.991. The van der Waals surface area contributed by atoms with Gasteiger partial charge in [-0.2, -0.15) is 0 Å². The number of hydrogen-bond acceptors (Lipinski definition) is 4. The monoisotopic (exact) mass is 417 g/mol. The van der Waals surface area contributed by atoms with E-state index < -0.39 is 17.0 Å². The highest BCUT2D eigenvalue weighted by molar-refractivity contribution is 6.14. The Bertz CT molecular complexity index is 1080. The SMILES string of the molecule is C=C1C(=O)N(Cc2ccc(OC)cc2)C(C(=O)NC(C)(C)C)C12C=Nc1ccccc12. The summed E-state index contributed by atoms with van der Waals surface area (Å²) in [6, 6.07) is 14.3. The van der Waals surface area contributed by atoms with Crippen molar-refractivity contribution in [1.29, 1.82) is 0 Å². The van der Waals surface area contributed by atoms with E-state index in [4.69, 9.17) is 4.74 Å². The van der Waals surface area contributed by atoms with Crippen molar-refractivity contribution in [3.05, 3.63) is 71.8 Å². The predicted molar refractivity (Wildman–Crippen MR) is 121 cm³/mol. The molecule has 2 aromatic rings. The summed E-state index contributed by atoms with van der Waals surface area (Å²) in [7, 11) is 1.61. The van der Waals surface area contributed by atoms with E-state index >= 15 is 0 Å². The highest BCUT2D eigenvalue weighted by Crippen LogP contribution is 2.50. The molecule has 160 valence electrons. The molecule has 2 aromatic carbocycles. The summed E-state index contributed by atoms with van der Waals surface area (Å²) in [5.74, 6) is 0.264. The van der Waals surface area contributed by atoms with Gasteiger partial charge in [-0.25, -0.2) is 0 Å². The van der Waals surface area contributed by atoms with E-state index in [0.717, 1.165) is 22.6 Å². The second kappa shape index (κ2) is 7.38. The van der Waals surface area contributed by atoms with Gasteiger partial charge in [0.2, 0.25) is 5.91 Å². The second-order valence-electron chi connectivity index (χ2n) is 9.05. The third-order valence-electron chi connectivity index (χ3n) is 5.78. The molecule has 2 atom stereocenters. The number of carbonyl (C=O) groups is 2. The number of hydrogen-bond donors (Lipinski definition) is 1. The maximum Gasteiger partial charge on any atom is 0.251 e. The van der Waals surface area contributed by atoms with Crippen LogP contribution in [0.3, 0.4) is 0 Å². The van der Waals surface area contributed by atoms with Gasteiger partial charge < -0.3 is 15.0 Å². The van der Waals surface area contributed by atoms with Gasteiger partial charge in [-0.15, -0.1) is 0 Å². The van der Waals surface area contributed by atoms with E-state index in [-0.39, 0.29) is 18.4 Å². The van der Waals surface area contributed by atoms with Gasteiger partial charge in [0.1, 0.15) is 11.8 Å². The summed E-state index contributed by atoms with van der Waals surface area (Å²) >= 11 is 0. The first kappa shape index (κ1) is 20.8. The topological polar surface area (TPSA) is 71.0 Å². The molecule has 31 heavy (non-hydrogen) atoms. The first-order chi connectivity index (χ1) is 14.7. The van der Waals surface area contributed by atoms with Crippen LogP contribution in [0.2, 0.25) is 0 Å². The third-order valence-corrected chi connectivity index (χ3v) is 5.78. The Kier molecular flexibility index (Phi) is 4.96. The van der Waals surface area contributed by atoms with Crippen LogP contribution < -0.4 is 10.1 Å². The molecule has 0 saturated carbocycles. The number of methoxy groups -OCH3 is 1. The number of fused-ring (bicyclic) bond motifs is 2. The van der Waals surface area contributed by atoms with E-state index in [0.29, 0.717) is 5.57 Å². The molecule has 6 nitrogen and oxygen atoms in total. The molecule has 2 aliphatic rings. The van der Waals surface area contributed by atoms with Crippen molar-refractivity contribution in [1.82, 2.24) is 10.2 Å². The molecule has 2 heterocycles. The molecule has 0 aliphatic carbocycles. The first-order valence-electron chi connectivity index (χ1n) is 10.3. The predicted octanol–water partition coefficient (Wildman–Crippen LogP) is 3.53. The molecular weight excluding hydrogens is 390 g/mol. The normalized spacial score (nSPS) is 22.2. The highest BCUT2D eigenvalue weighted by Gasteiger charge is 2.60. The van der Waals surface area contributed by atoms with Crippen molar-refractivity contribution in [3.8, 4) is 5.75 Å². The lowest BCUT2D eigenvalue weighted by atomic mass is 9.72. The summed E-state index contributed by atoms with van der Waals surface area (Å²) in [6.45, 7) is 10.2. The van der Waals surface area contributed by atoms with Crippen LogP contribution in [0.15, 0.2) is 65.7 Å². The molecule has 2 unspecified atom stereocenters. The van der Waals surface area contributed by atoms with Crippen LogP contribution in [0.25, 0.3) is 0 Å². The van der Waals surface area contributed by atoms with Crippen molar-refractivity contribution < 1.29 is 14.3 Å². The smallest absolute Gasteiger partial charge is 0.251 e. The van der Waals surface area contributed by atoms with Crippen LogP contribution in [0.4, 0.5) is 5.69 Å². The summed E-state index contributed by atoms with van der Waals surface area (Å²) in [5, 5.41) is 3.06. The van der Waals surface area contributed by atoms with Crippen LogP contribution >= 0.6 is 0 Å². The number of para-hydroxylation sites is 1. The van der Waals surface area contributed by atoms with Crippen molar-refractivity contribution >= 4 is 23.7 Å². The molecule has 0 aromatic heterocycles. The Hall–Kier alpha value is -3.41. The van der Waals surface area contributed by atoms with Gasteiger partial charge in [-0.3, -0.25) is 14.6 Å². The first-order valence-corrected chi connectivity index (χ1v) is 10.3. The average Bonchev–Trinajstić information content (AvgIpc) is 3.20. The van der Waals surface area contributed by atoms with E-state index in [1.807, 2.05) is 69.3 Å². The van der Waals surface area contributed by atoms with Crippen molar-refractivity contribution in [2.24, 2.45) is 4.99 Å². The van der Waals surface area contributed by atoms with Crippen LogP contribution in [0, 0.1) is 0 Å². The zero-order valence-electron chi connectivity index (χ0n) is 18.3. The Labute approximate surface area is 182 Å². The number of nitrogens with one attached hydrogen (secondary N) is 1. The second-order valence-corrected chi connectivity index (χ2v) is 9.05. The van der Waals surface area contributed by atoms with Gasteiger partial charge >= 0.3 is 0 Å². The molecule has 2 amide bonds. The van der Waals surface area contributed by atoms with Gasteiger partial charge in [0.25, 0.3) is 5.91 Å². The lowest BCUT2D eigenvalue weighted by molar-refractivity contribution is -0.136. The summed E-state index contributed by atoms with van der Waals surface area (Å²) in [5.41, 5.74) is 1.41. The van der Waals surface area contributed by atoms with E-state index in [1.54, 1.807) is 18.2 Å². The van der Waals surface area contributed by atoms with Gasteiger partial charge in [-0.1, -0.05) is 36.9 Å². The maximum absolute atomic E-state index is 13.6. The number of benzene rings is 2. The van der Waals surface area contributed by atoms with Crippen LogP contribution in [-0.2, 0) is 21.5 Å². The molecule has 1 fully saturated rings. The minimum Gasteiger partial charge on any atom is -0.497 e. The summed E-state index contributed by atoms with van der Waals surface area (Å²) < 4.78 is 5.23. The van der Waals surface area contributed by atoms with Crippen LogP contribution in [-0.4, -0.2) is 41.6 Å². The minimum absolute atomic E-state index is 0.226. The Morgan fingerprint density at radius 1 is 1.19 bits per heavy atom. The fraction of sp³-hybridized carbons (Fsp3) is 0.320. The average molecular weight is 418 g/mol. The number of nitrogens with zero attached hydrogens (tertiary/aromatic N) is 2. The molecule has 2 aliphatic heterocycles. The number of carbonyl (C=O) groups excluding carboxylic acids is 2. The third kappa shape index (κ3) is 3.42. The summed E-state index contributed by atoms with van der Waals surface area (Å²) in [6.07, 6.45) is 1.72. The molecule has 0 bridgehead atoms. The number of rotatable bonds is 4. The Morgan fingerprint density at radius 3 is 2.52 bits per heavy atom. The molecule has 0 radical (unpaired) electrons. The quantitative estimate of drug-likeness (QED) is 0.774.